The van der Waals surface area contributed by atoms with E-state index in [2.05, 4.69) is 58.4 Å². The van der Waals surface area contributed by atoms with E-state index in [4.69, 9.17) is 0 Å². The highest BCUT2D eigenvalue weighted by atomic mass is 32.2. The molecule has 0 aromatic heterocycles. The average molecular weight is 278 g/mol. The van der Waals surface area contributed by atoms with Crippen molar-refractivity contribution in [2.75, 3.05) is 18.8 Å². The number of benzene rings is 1. The Morgan fingerprint density at radius 3 is 2.39 bits per heavy atom. The molecule has 0 radical (unpaired) electrons. The van der Waals surface area contributed by atoms with Crippen molar-refractivity contribution in [1.29, 1.82) is 0 Å². The smallest absolute Gasteiger partial charge is 0.219 e. The molecule has 0 saturated carbocycles. The standard InChI is InChI=1S/C15H20NS2/c1-2-7-11-16(10-6-1)15-17-12-14(18-15)13-8-4-3-5-9-13/h3-5,8-9,14H,1-2,6-7,10-12H2/q+1. The Kier molecular flexibility index (Phi) is 4.32. The summed E-state index contributed by atoms with van der Waals surface area (Å²) in [5.41, 5.74) is 1.49. The molecule has 0 bridgehead atoms. The molecule has 1 unspecified atom stereocenters. The van der Waals surface area contributed by atoms with Gasteiger partial charge in [0.2, 0.25) is 0 Å². The minimum absolute atomic E-state index is 0.662. The number of hydrogen-bond acceptors (Lipinski definition) is 2. The fourth-order valence-corrected chi connectivity index (χ4v) is 5.61. The maximum atomic E-state index is 2.63. The van der Waals surface area contributed by atoms with Crippen LogP contribution in [0.1, 0.15) is 36.5 Å². The molecule has 1 aromatic carbocycles. The van der Waals surface area contributed by atoms with Gasteiger partial charge in [-0.05, 0) is 41.9 Å². The van der Waals surface area contributed by atoms with Crippen molar-refractivity contribution < 1.29 is 4.58 Å². The molecule has 2 heterocycles. The Morgan fingerprint density at radius 1 is 0.944 bits per heavy atom. The molecule has 3 heteroatoms. The minimum atomic E-state index is 0.662. The van der Waals surface area contributed by atoms with E-state index in [0.717, 1.165) is 0 Å². The normalized spacial score (nSPS) is 25.2. The van der Waals surface area contributed by atoms with Crippen LogP contribution in [0.5, 0.6) is 0 Å². The van der Waals surface area contributed by atoms with Gasteiger partial charge in [0, 0.05) is 18.6 Å². The van der Waals surface area contributed by atoms with Crippen molar-refractivity contribution in [2.24, 2.45) is 0 Å². The van der Waals surface area contributed by atoms with Crippen LogP contribution in [0.25, 0.3) is 0 Å². The van der Waals surface area contributed by atoms with Gasteiger partial charge >= 0.3 is 0 Å². The van der Waals surface area contributed by atoms with Gasteiger partial charge in [-0.15, -0.1) is 0 Å². The monoisotopic (exact) mass is 278 g/mol. The highest BCUT2D eigenvalue weighted by Gasteiger charge is 2.30. The van der Waals surface area contributed by atoms with Crippen molar-refractivity contribution in [3.8, 4) is 0 Å². The first-order valence-corrected chi connectivity index (χ1v) is 8.76. The summed E-state index contributed by atoms with van der Waals surface area (Å²) in [7, 11) is 0. The molecular weight excluding hydrogens is 258 g/mol. The zero-order valence-corrected chi connectivity index (χ0v) is 12.3. The molecular formula is C15H20NS2+. The van der Waals surface area contributed by atoms with Crippen molar-refractivity contribution in [1.82, 2.24) is 0 Å². The first-order chi connectivity index (χ1) is 8.93. The quantitative estimate of drug-likeness (QED) is 0.710. The van der Waals surface area contributed by atoms with E-state index in [1.54, 1.807) is 4.38 Å². The molecule has 1 atom stereocenters. The Labute approximate surface area is 118 Å². The van der Waals surface area contributed by atoms with Crippen LogP contribution in [0, 0.1) is 0 Å². The molecule has 3 rings (SSSR count). The lowest BCUT2D eigenvalue weighted by Crippen LogP contribution is -2.17. The van der Waals surface area contributed by atoms with Crippen molar-refractivity contribution >= 4 is 27.9 Å². The number of hydrogen-bond donors (Lipinski definition) is 0. The molecule has 96 valence electrons. The highest BCUT2D eigenvalue weighted by molar-refractivity contribution is 8.41. The summed E-state index contributed by atoms with van der Waals surface area (Å²) in [6.45, 7) is 2.55. The van der Waals surface area contributed by atoms with Gasteiger partial charge in [0.1, 0.15) is 13.1 Å². The average Bonchev–Trinajstić information content (AvgIpc) is 2.76. The van der Waals surface area contributed by atoms with Crippen molar-refractivity contribution in [3.05, 3.63) is 35.9 Å². The number of nitrogens with zero attached hydrogens (tertiary/aromatic N) is 1. The zero-order chi connectivity index (χ0) is 12.2. The maximum Gasteiger partial charge on any atom is 0.270 e. The first kappa shape index (κ1) is 12.6. The van der Waals surface area contributed by atoms with Crippen LogP contribution in [-0.2, 0) is 0 Å². The molecule has 1 nitrogen and oxygen atoms in total. The third kappa shape index (κ3) is 2.94. The Balaban J connectivity index is 1.72. The van der Waals surface area contributed by atoms with Crippen LogP contribution >= 0.6 is 23.5 Å². The van der Waals surface area contributed by atoms with Crippen LogP contribution in [0.3, 0.4) is 0 Å². The van der Waals surface area contributed by atoms with Crippen LogP contribution in [0.4, 0.5) is 0 Å². The summed E-state index contributed by atoms with van der Waals surface area (Å²) >= 11 is 4.15. The van der Waals surface area contributed by atoms with Crippen molar-refractivity contribution in [3.63, 3.8) is 0 Å². The Bertz CT molecular complexity index is 417. The molecule has 0 aliphatic carbocycles. The van der Waals surface area contributed by atoms with Crippen LogP contribution in [0.15, 0.2) is 30.3 Å². The van der Waals surface area contributed by atoms with Gasteiger partial charge in [-0.1, -0.05) is 30.3 Å². The van der Waals surface area contributed by atoms with Gasteiger partial charge in [-0.3, -0.25) is 0 Å². The SMILES string of the molecule is c1ccc(C2CSC(=[N+]3CCCCCC3)S2)cc1. The number of thioether (sulfide) groups is 2. The van der Waals surface area contributed by atoms with E-state index in [9.17, 15) is 0 Å². The summed E-state index contributed by atoms with van der Waals surface area (Å²) in [4.78, 5) is 0. The van der Waals surface area contributed by atoms with Crippen molar-refractivity contribution in [2.45, 2.75) is 30.9 Å². The maximum absolute atomic E-state index is 2.63. The third-order valence-electron chi connectivity index (χ3n) is 3.64. The molecule has 0 N–H and O–H groups in total. The highest BCUT2D eigenvalue weighted by Crippen LogP contribution is 2.43. The van der Waals surface area contributed by atoms with Gasteiger partial charge in [0.25, 0.3) is 4.38 Å². The number of rotatable bonds is 1. The first-order valence-electron chi connectivity index (χ1n) is 6.90. The minimum Gasteiger partial charge on any atom is -0.219 e. The Morgan fingerprint density at radius 2 is 1.67 bits per heavy atom. The van der Waals surface area contributed by atoms with E-state index in [1.165, 1.54) is 50.1 Å². The lowest BCUT2D eigenvalue weighted by Gasteiger charge is -2.06. The molecule has 18 heavy (non-hydrogen) atoms. The predicted octanol–water partition coefficient (Wildman–Crippen LogP) is 4.15. The molecule has 2 saturated heterocycles. The lowest BCUT2D eigenvalue weighted by molar-refractivity contribution is -0.520. The lowest BCUT2D eigenvalue weighted by atomic mass is 10.2. The van der Waals surface area contributed by atoms with Gasteiger partial charge in [-0.2, -0.15) is 0 Å². The Hall–Kier alpha value is -0.410. The van der Waals surface area contributed by atoms with E-state index >= 15 is 0 Å². The second-order valence-electron chi connectivity index (χ2n) is 5.00. The van der Waals surface area contributed by atoms with Gasteiger partial charge < -0.3 is 0 Å². The molecule has 2 fully saturated rings. The van der Waals surface area contributed by atoms with E-state index in [1.807, 2.05) is 0 Å². The summed E-state index contributed by atoms with van der Waals surface area (Å²) in [5.74, 6) is 1.24. The van der Waals surface area contributed by atoms with E-state index in [-0.39, 0.29) is 0 Å². The second-order valence-corrected chi connectivity index (χ2v) is 7.45. The zero-order valence-electron chi connectivity index (χ0n) is 10.7. The largest absolute Gasteiger partial charge is 0.270 e. The van der Waals surface area contributed by atoms with Gasteiger partial charge in [0.05, 0.1) is 5.25 Å². The predicted molar refractivity (Wildman–Crippen MR) is 82.7 cm³/mol. The summed E-state index contributed by atoms with van der Waals surface area (Å²) in [6, 6.07) is 11.0. The molecule has 0 spiro atoms. The molecule has 2 aliphatic heterocycles. The summed E-state index contributed by atoms with van der Waals surface area (Å²) in [5, 5.41) is 0.662. The topological polar surface area (TPSA) is 3.01 Å². The molecule has 0 amide bonds. The van der Waals surface area contributed by atoms with E-state index in [0.29, 0.717) is 5.25 Å². The van der Waals surface area contributed by atoms with Gasteiger partial charge in [-0.25, -0.2) is 4.58 Å². The van der Waals surface area contributed by atoms with Gasteiger partial charge in [0.15, 0.2) is 0 Å². The van der Waals surface area contributed by atoms with Crippen LogP contribution in [-0.4, -0.2) is 27.8 Å². The molecule has 1 aromatic rings. The fraction of sp³-hybridized carbons (Fsp3) is 0.533. The second kappa shape index (κ2) is 6.16. The van der Waals surface area contributed by atoms with Crippen LogP contribution < -0.4 is 0 Å². The summed E-state index contributed by atoms with van der Waals surface area (Å²) < 4.78 is 4.21. The molecule has 2 aliphatic rings. The summed E-state index contributed by atoms with van der Waals surface area (Å²) in [6.07, 6.45) is 5.59. The van der Waals surface area contributed by atoms with E-state index < -0.39 is 0 Å². The fourth-order valence-electron chi connectivity index (χ4n) is 2.59. The van der Waals surface area contributed by atoms with Crippen LogP contribution in [0.2, 0.25) is 0 Å². The third-order valence-corrected chi connectivity index (χ3v) is 6.68.